The molecule has 0 heterocycles. The van der Waals surface area contributed by atoms with E-state index in [1.807, 2.05) is 31.2 Å². The first kappa shape index (κ1) is 15.7. The summed E-state index contributed by atoms with van der Waals surface area (Å²) in [7, 11) is 0. The second-order valence-corrected chi connectivity index (χ2v) is 4.64. The molecule has 0 bridgehead atoms. The molecule has 2 N–H and O–H groups in total. The maximum atomic E-state index is 5.85. The van der Waals surface area contributed by atoms with Gasteiger partial charge in [-0.3, -0.25) is 0 Å². The van der Waals surface area contributed by atoms with Gasteiger partial charge >= 0.3 is 0 Å². The lowest BCUT2D eigenvalue weighted by molar-refractivity contribution is 0.332. The summed E-state index contributed by atoms with van der Waals surface area (Å²) in [4.78, 5) is 4.42. The van der Waals surface area contributed by atoms with Crippen molar-refractivity contribution < 1.29 is 4.74 Å². The number of fused-ring (bicyclic) bond motifs is 1. The zero-order valence-electron chi connectivity index (χ0n) is 12.8. The highest BCUT2D eigenvalue weighted by Gasteiger charge is 2.01. The molecule has 0 saturated heterocycles. The number of terminal acetylenes is 1. The van der Waals surface area contributed by atoms with Crippen molar-refractivity contribution in [1.82, 2.24) is 10.6 Å². The summed E-state index contributed by atoms with van der Waals surface area (Å²) in [6.45, 7) is 4.33. The number of guanidine groups is 1. The highest BCUT2D eigenvalue weighted by atomic mass is 16.5. The Kier molecular flexibility index (Phi) is 6.13. The molecule has 0 spiro atoms. The molecule has 0 amide bonds. The fourth-order valence-electron chi connectivity index (χ4n) is 2.11. The van der Waals surface area contributed by atoms with E-state index in [4.69, 9.17) is 11.2 Å². The fraction of sp³-hybridized carbons (Fsp3) is 0.278. The predicted molar refractivity (Wildman–Crippen MR) is 92.3 cm³/mol. The van der Waals surface area contributed by atoms with Crippen LogP contribution in [-0.4, -0.2) is 32.2 Å². The van der Waals surface area contributed by atoms with Gasteiger partial charge in [-0.2, -0.15) is 0 Å². The molecule has 4 nitrogen and oxygen atoms in total. The Morgan fingerprint density at radius 3 is 2.82 bits per heavy atom. The largest absolute Gasteiger partial charge is 0.491 e. The number of ether oxygens (including phenoxy) is 1. The number of aliphatic imine (C=N–C) groups is 1. The molecule has 0 unspecified atom stereocenters. The third-order valence-corrected chi connectivity index (χ3v) is 3.07. The zero-order chi connectivity index (χ0) is 15.6. The molecule has 2 aromatic carbocycles. The third kappa shape index (κ3) is 4.42. The van der Waals surface area contributed by atoms with E-state index >= 15 is 0 Å². The van der Waals surface area contributed by atoms with E-state index in [0.717, 1.165) is 17.7 Å². The van der Waals surface area contributed by atoms with Crippen molar-refractivity contribution >= 4 is 16.7 Å². The van der Waals surface area contributed by atoms with E-state index in [9.17, 15) is 0 Å². The van der Waals surface area contributed by atoms with Gasteiger partial charge in [-0.1, -0.05) is 42.3 Å². The van der Waals surface area contributed by atoms with Crippen LogP contribution in [0.3, 0.4) is 0 Å². The summed E-state index contributed by atoms with van der Waals surface area (Å²) in [6, 6.07) is 14.2. The number of hydrogen-bond acceptors (Lipinski definition) is 2. The lowest BCUT2D eigenvalue weighted by Gasteiger charge is -2.10. The molecule has 114 valence electrons. The summed E-state index contributed by atoms with van der Waals surface area (Å²) in [5.74, 6) is 4.12. The molecule has 2 rings (SSSR count). The maximum absolute atomic E-state index is 5.85. The van der Waals surface area contributed by atoms with Crippen molar-refractivity contribution in [1.29, 1.82) is 0 Å². The topological polar surface area (TPSA) is 45.7 Å². The van der Waals surface area contributed by atoms with Gasteiger partial charge < -0.3 is 15.4 Å². The molecule has 22 heavy (non-hydrogen) atoms. The van der Waals surface area contributed by atoms with E-state index in [0.29, 0.717) is 25.7 Å². The number of nitrogens with one attached hydrogen (secondary N) is 2. The SMILES string of the molecule is C#CCNC(=NCCOc1cccc2ccccc12)NCC. The molecular formula is C18H21N3O. The summed E-state index contributed by atoms with van der Waals surface area (Å²) in [5, 5.41) is 8.47. The Hall–Kier alpha value is -2.67. The van der Waals surface area contributed by atoms with E-state index in [1.165, 1.54) is 5.39 Å². The van der Waals surface area contributed by atoms with Crippen LogP contribution in [0.15, 0.2) is 47.5 Å². The highest BCUT2D eigenvalue weighted by molar-refractivity contribution is 5.88. The fourth-order valence-corrected chi connectivity index (χ4v) is 2.11. The predicted octanol–water partition coefficient (Wildman–Crippen LogP) is 2.41. The van der Waals surface area contributed by atoms with Crippen LogP contribution in [0.5, 0.6) is 5.75 Å². The van der Waals surface area contributed by atoms with Gasteiger partial charge in [0.2, 0.25) is 0 Å². The van der Waals surface area contributed by atoms with Crippen molar-refractivity contribution in [3.05, 3.63) is 42.5 Å². The second-order valence-electron chi connectivity index (χ2n) is 4.64. The van der Waals surface area contributed by atoms with Gasteiger partial charge in [-0.25, -0.2) is 4.99 Å². The van der Waals surface area contributed by atoms with Crippen molar-refractivity contribution in [2.24, 2.45) is 4.99 Å². The van der Waals surface area contributed by atoms with Crippen molar-refractivity contribution in [3.8, 4) is 18.1 Å². The lowest BCUT2D eigenvalue weighted by Crippen LogP contribution is -2.37. The van der Waals surface area contributed by atoms with Crippen LogP contribution in [0.2, 0.25) is 0 Å². The summed E-state index contributed by atoms with van der Waals surface area (Å²) >= 11 is 0. The molecule has 0 fully saturated rings. The first-order valence-electron chi connectivity index (χ1n) is 7.41. The molecule has 0 saturated carbocycles. The van der Waals surface area contributed by atoms with Crippen LogP contribution in [0.4, 0.5) is 0 Å². The standard InChI is InChI=1S/C18H21N3O/c1-3-12-20-18(19-4-2)21-13-14-22-17-11-7-9-15-8-5-6-10-16(15)17/h1,5-11H,4,12-14H2,2H3,(H2,19,20,21). The van der Waals surface area contributed by atoms with Gasteiger partial charge in [0, 0.05) is 11.9 Å². The molecule has 2 aromatic rings. The molecule has 0 aliphatic rings. The highest BCUT2D eigenvalue weighted by Crippen LogP contribution is 2.24. The Bertz CT molecular complexity index is 668. The molecule has 0 radical (unpaired) electrons. The van der Waals surface area contributed by atoms with E-state index in [-0.39, 0.29) is 0 Å². The number of benzene rings is 2. The lowest BCUT2D eigenvalue weighted by atomic mass is 10.1. The van der Waals surface area contributed by atoms with Gasteiger partial charge in [-0.15, -0.1) is 6.42 Å². The molecule has 0 aliphatic carbocycles. The van der Waals surface area contributed by atoms with Crippen LogP contribution in [0.25, 0.3) is 10.8 Å². The molecule has 4 heteroatoms. The average molecular weight is 295 g/mol. The third-order valence-electron chi connectivity index (χ3n) is 3.07. The van der Waals surface area contributed by atoms with Gasteiger partial charge in [0.05, 0.1) is 13.1 Å². The van der Waals surface area contributed by atoms with E-state index < -0.39 is 0 Å². The van der Waals surface area contributed by atoms with Crippen LogP contribution in [0.1, 0.15) is 6.92 Å². The van der Waals surface area contributed by atoms with E-state index in [2.05, 4.69) is 39.7 Å². The van der Waals surface area contributed by atoms with Gasteiger partial charge in [0.1, 0.15) is 12.4 Å². The maximum Gasteiger partial charge on any atom is 0.192 e. The normalized spacial score (nSPS) is 11.0. The van der Waals surface area contributed by atoms with Crippen LogP contribution >= 0.6 is 0 Å². The second kappa shape index (κ2) is 8.58. The summed E-state index contributed by atoms with van der Waals surface area (Å²) in [6.07, 6.45) is 5.24. The van der Waals surface area contributed by atoms with Gasteiger partial charge in [0.25, 0.3) is 0 Å². The molecule has 0 aromatic heterocycles. The average Bonchev–Trinajstić information content (AvgIpc) is 2.56. The minimum atomic E-state index is 0.454. The van der Waals surface area contributed by atoms with Crippen molar-refractivity contribution in [3.63, 3.8) is 0 Å². The van der Waals surface area contributed by atoms with Gasteiger partial charge in [0.15, 0.2) is 5.96 Å². The molecule has 0 aliphatic heterocycles. The Balaban J connectivity index is 1.93. The number of hydrogen-bond donors (Lipinski definition) is 2. The first-order valence-corrected chi connectivity index (χ1v) is 7.41. The minimum absolute atomic E-state index is 0.454. The van der Waals surface area contributed by atoms with Crippen molar-refractivity contribution in [2.75, 3.05) is 26.2 Å². The Morgan fingerprint density at radius 1 is 1.18 bits per heavy atom. The van der Waals surface area contributed by atoms with Crippen LogP contribution in [-0.2, 0) is 0 Å². The number of rotatable bonds is 6. The minimum Gasteiger partial charge on any atom is -0.491 e. The monoisotopic (exact) mass is 295 g/mol. The summed E-state index contributed by atoms with van der Waals surface area (Å²) in [5.41, 5.74) is 0. The van der Waals surface area contributed by atoms with Crippen molar-refractivity contribution in [2.45, 2.75) is 6.92 Å². The van der Waals surface area contributed by atoms with Gasteiger partial charge in [-0.05, 0) is 18.4 Å². The van der Waals surface area contributed by atoms with Crippen LogP contribution < -0.4 is 15.4 Å². The van der Waals surface area contributed by atoms with E-state index in [1.54, 1.807) is 0 Å². The molecular weight excluding hydrogens is 274 g/mol. The van der Waals surface area contributed by atoms with Crippen LogP contribution in [0, 0.1) is 12.3 Å². The molecule has 0 atom stereocenters. The Labute approximate surface area is 131 Å². The first-order chi connectivity index (χ1) is 10.8. The quantitative estimate of drug-likeness (QED) is 0.372. The number of nitrogens with zero attached hydrogens (tertiary/aromatic N) is 1. The Morgan fingerprint density at radius 2 is 2.00 bits per heavy atom. The zero-order valence-corrected chi connectivity index (χ0v) is 12.8. The summed E-state index contributed by atoms with van der Waals surface area (Å²) < 4.78 is 5.85. The smallest absolute Gasteiger partial charge is 0.192 e.